The molecule has 0 aromatic heterocycles. The first-order valence-corrected chi connectivity index (χ1v) is 7.52. The molecule has 3 nitrogen and oxygen atoms in total. The Morgan fingerprint density at radius 1 is 1.35 bits per heavy atom. The highest BCUT2D eigenvalue weighted by molar-refractivity contribution is 5.86. The maximum atomic E-state index is 12.4. The van der Waals surface area contributed by atoms with Crippen LogP contribution in [0.25, 0.3) is 0 Å². The Bertz CT molecular complexity index is 466. The van der Waals surface area contributed by atoms with Crippen LogP contribution in [0.15, 0.2) is 24.3 Å². The molecule has 1 N–H and O–H groups in total. The molecule has 2 rings (SSSR count). The summed E-state index contributed by atoms with van der Waals surface area (Å²) >= 11 is 0. The second kappa shape index (κ2) is 5.96. The molecule has 1 unspecified atom stereocenters. The van der Waals surface area contributed by atoms with Crippen molar-refractivity contribution in [2.45, 2.75) is 51.6 Å². The third kappa shape index (κ3) is 3.04. The van der Waals surface area contributed by atoms with Crippen molar-refractivity contribution in [1.29, 1.82) is 0 Å². The van der Waals surface area contributed by atoms with Crippen LogP contribution in [0.5, 0.6) is 0 Å². The summed E-state index contributed by atoms with van der Waals surface area (Å²) < 4.78 is 0. The molecule has 1 fully saturated rings. The first-order valence-electron chi connectivity index (χ1n) is 7.52. The molecule has 0 spiro atoms. The average molecular weight is 274 g/mol. The van der Waals surface area contributed by atoms with Crippen LogP contribution in [0.1, 0.15) is 50.7 Å². The fourth-order valence-corrected chi connectivity index (χ4v) is 2.78. The zero-order chi connectivity index (χ0) is 14.8. The number of hydrogen-bond acceptors (Lipinski definition) is 2. The molecule has 1 atom stereocenters. The smallest absolute Gasteiger partial charge is 0.240 e. The summed E-state index contributed by atoms with van der Waals surface area (Å²) in [5.41, 5.74) is 2.16. The Balaban J connectivity index is 1.93. The third-order valence-electron chi connectivity index (χ3n) is 4.59. The normalized spacial score (nSPS) is 23.2. The van der Waals surface area contributed by atoms with Gasteiger partial charge >= 0.3 is 0 Å². The van der Waals surface area contributed by atoms with E-state index in [1.54, 1.807) is 0 Å². The van der Waals surface area contributed by atoms with Crippen LogP contribution >= 0.6 is 0 Å². The highest BCUT2D eigenvalue weighted by Gasteiger charge is 2.40. The van der Waals surface area contributed by atoms with E-state index in [0.717, 1.165) is 24.9 Å². The van der Waals surface area contributed by atoms with Gasteiger partial charge in [-0.15, -0.1) is 0 Å². The molecule has 0 saturated carbocycles. The molecular formula is C17H26N2O. The number of carbonyl (C=O) groups is 1. The first kappa shape index (κ1) is 15.0. The molecule has 0 bridgehead atoms. The fourth-order valence-electron chi connectivity index (χ4n) is 2.78. The lowest BCUT2D eigenvalue weighted by molar-refractivity contribution is -0.130. The van der Waals surface area contributed by atoms with Crippen LogP contribution < -0.4 is 5.32 Å². The zero-order valence-electron chi connectivity index (χ0n) is 13.1. The maximum Gasteiger partial charge on any atom is 0.240 e. The molecule has 1 aromatic rings. The number of nitrogens with one attached hydrogen (secondary N) is 1. The summed E-state index contributed by atoms with van der Waals surface area (Å²) in [6.45, 7) is 8.03. The van der Waals surface area contributed by atoms with Crippen LogP contribution in [0.4, 0.5) is 0 Å². The quantitative estimate of drug-likeness (QED) is 0.915. The molecule has 1 heterocycles. The second-order valence-corrected chi connectivity index (χ2v) is 6.38. The van der Waals surface area contributed by atoms with E-state index in [2.05, 4.69) is 48.3 Å². The predicted molar refractivity (Wildman–Crippen MR) is 82.6 cm³/mol. The van der Waals surface area contributed by atoms with E-state index in [9.17, 15) is 4.79 Å². The second-order valence-electron chi connectivity index (χ2n) is 6.38. The van der Waals surface area contributed by atoms with Gasteiger partial charge in [0.2, 0.25) is 5.91 Å². The van der Waals surface area contributed by atoms with Gasteiger partial charge in [-0.05, 0) is 50.4 Å². The van der Waals surface area contributed by atoms with Crippen LogP contribution in [0.2, 0.25) is 0 Å². The monoisotopic (exact) mass is 274 g/mol. The predicted octanol–water partition coefficient (Wildman–Crippen LogP) is 2.91. The van der Waals surface area contributed by atoms with E-state index in [0.29, 0.717) is 12.5 Å². The number of hydrogen-bond donors (Lipinski definition) is 1. The number of likely N-dealkylation sites (tertiary alicyclic amines) is 1. The van der Waals surface area contributed by atoms with Gasteiger partial charge in [-0.1, -0.05) is 38.1 Å². The van der Waals surface area contributed by atoms with E-state index >= 15 is 0 Å². The molecule has 3 heteroatoms. The molecular weight excluding hydrogens is 248 g/mol. The molecule has 1 amide bonds. The number of carbonyl (C=O) groups excluding carboxylic acids is 1. The van der Waals surface area contributed by atoms with Gasteiger partial charge in [0.1, 0.15) is 0 Å². The van der Waals surface area contributed by atoms with E-state index < -0.39 is 0 Å². The summed E-state index contributed by atoms with van der Waals surface area (Å²) in [7, 11) is 2.03. The SMILES string of the molecule is CC(C)c1ccc(CNC(=O)C2(C)CCCN2C)cc1. The molecule has 20 heavy (non-hydrogen) atoms. The third-order valence-corrected chi connectivity index (χ3v) is 4.59. The minimum absolute atomic E-state index is 0.144. The highest BCUT2D eigenvalue weighted by Crippen LogP contribution is 2.27. The van der Waals surface area contributed by atoms with Gasteiger partial charge in [0, 0.05) is 6.54 Å². The van der Waals surface area contributed by atoms with Crippen LogP contribution in [-0.4, -0.2) is 29.9 Å². The van der Waals surface area contributed by atoms with Gasteiger partial charge in [-0.2, -0.15) is 0 Å². The summed E-state index contributed by atoms with van der Waals surface area (Å²) in [5.74, 6) is 0.690. The van der Waals surface area contributed by atoms with Gasteiger partial charge in [0.05, 0.1) is 5.54 Å². The number of benzene rings is 1. The van der Waals surface area contributed by atoms with Gasteiger partial charge < -0.3 is 5.32 Å². The van der Waals surface area contributed by atoms with Crippen molar-refractivity contribution in [2.24, 2.45) is 0 Å². The number of likely N-dealkylation sites (N-methyl/N-ethyl adjacent to an activating group) is 1. The zero-order valence-corrected chi connectivity index (χ0v) is 13.1. The van der Waals surface area contributed by atoms with E-state index in [-0.39, 0.29) is 11.4 Å². The lowest BCUT2D eigenvalue weighted by Gasteiger charge is -2.30. The van der Waals surface area contributed by atoms with Gasteiger partial charge in [-0.25, -0.2) is 0 Å². The lowest BCUT2D eigenvalue weighted by Crippen LogP contribution is -2.51. The van der Waals surface area contributed by atoms with E-state index in [1.807, 2.05) is 14.0 Å². The van der Waals surface area contributed by atoms with Gasteiger partial charge in [0.25, 0.3) is 0 Å². The van der Waals surface area contributed by atoms with Crippen molar-refractivity contribution in [3.8, 4) is 0 Å². The Labute approximate surface area is 122 Å². The van der Waals surface area contributed by atoms with Crippen LogP contribution in [-0.2, 0) is 11.3 Å². The number of nitrogens with zero attached hydrogens (tertiary/aromatic N) is 1. The van der Waals surface area contributed by atoms with Crippen molar-refractivity contribution in [3.63, 3.8) is 0 Å². The summed E-state index contributed by atoms with van der Waals surface area (Å²) in [5, 5.41) is 3.08. The number of amides is 1. The van der Waals surface area contributed by atoms with Crippen LogP contribution in [0.3, 0.4) is 0 Å². The Morgan fingerprint density at radius 2 is 2.00 bits per heavy atom. The van der Waals surface area contributed by atoms with Crippen molar-refractivity contribution in [2.75, 3.05) is 13.6 Å². The van der Waals surface area contributed by atoms with E-state index in [4.69, 9.17) is 0 Å². The molecule has 0 aliphatic carbocycles. The molecule has 1 aromatic carbocycles. The Morgan fingerprint density at radius 3 is 2.50 bits per heavy atom. The van der Waals surface area contributed by atoms with Crippen molar-refractivity contribution in [3.05, 3.63) is 35.4 Å². The summed E-state index contributed by atoms with van der Waals surface area (Å²) in [4.78, 5) is 14.5. The summed E-state index contributed by atoms with van der Waals surface area (Å²) in [6.07, 6.45) is 2.05. The summed E-state index contributed by atoms with van der Waals surface area (Å²) in [6, 6.07) is 8.51. The minimum Gasteiger partial charge on any atom is -0.350 e. The molecule has 1 aliphatic rings. The van der Waals surface area contributed by atoms with Gasteiger partial charge in [-0.3, -0.25) is 9.69 Å². The molecule has 1 aliphatic heterocycles. The first-order chi connectivity index (χ1) is 9.43. The van der Waals surface area contributed by atoms with Gasteiger partial charge in [0.15, 0.2) is 0 Å². The Kier molecular flexibility index (Phi) is 4.48. The topological polar surface area (TPSA) is 32.3 Å². The van der Waals surface area contributed by atoms with Crippen molar-refractivity contribution in [1.82, 2.24) is 10.2 Å². The van der Waals surface area contributed by atoms with Crippen molar-refractivity contribution >= 4 is 5.91 Å². The minimum atomic E-state index is -0.335. The van der Waals surface area contributed by atoms with E-state index in [1.165, 1.54) is 5.56 Å². The van der Waals surface area contributed by atoms with Crippen molar-refractivity contribution < 1.29 is 4.79 Å². The maximum absolute atomic E-state index is 12.4. The Hall–Kier alpha value is -1.35. The van der Waals surface area contributed by atoms with Crippen LogP contribution in [0, 0.1) is 0 Å². The fraction of sp³-hybridized carbons (Fsp3) is 0.588. The molecule has 1 saturated heterocycles. The lowest BCUT2D eigenvalue weighted by atomic mass is 9.97. The largest absolute Gasteiger partial charge is 0.350 e. The highest BCUT2D eigenvalue weighted by atomic mass is 16.2. The number of rotatable bonds is 4. The molecule has 110 valence electrons. The average Bonchev–Trinajstić information content (AvgIpc) is 2.77. The standard InChI is InChI=1S/C17H26N2O/c1-13(2)15-8-6-14(7-9-15)12-18-16(20)17(3)10-5-11-19(17)4/h6-9,13H,5,10-12H2,1-4H3,(H,18,20). The molecule has 0 radical (unpaired) electrons.